The van der Waals surface area contributed by atoms with Crippen molar-refractivity contribution in [3.63, 3.8) is 0 Å². The number of ether oxygens (including phenoxy) is 1. The molecule has 0 saturated heterocycles. The van der Waals surface area contributed by atoms with Gasteiger partial charge in [0.25, 0.3) is 0 Å². The summed E-state index contributed by atoms with van der Waals surface area (Å²) in [5.74, 6) is 0.747. The lowest BCUT2D eigenvalue weighted by Gasteiger charge is -2.04. The Morgan fingerprint density at radius 2 is 2.19 bits per heavy atom. The van der Waals surface area contributed by atoms with E-state index in [4.69, 9.17) is 4.74 Å². The lowest BCUT2D eigenvalue weighted by Crippen LogP contribution is -1.94. The predicted molar refractivity (Wildman–Crippen MR) is 59.0 cm³/mol. The van der Waals surface area contributed by atoms with Crippen LogP contribution in [0.5, 0.6) is 5.75 Å². The fraction of sp³-hybridized carbons (Fsp3) is 0.273. The van der Waals surface area contributed by atoms with E-state index in [0.29, 0.717) is 11.4 Å². The summed E-state index contributed by atoms with van der Waals surface area (Å²) in [5.41, 5.74) is 2.05. The molecule has 1 heterocycles. The van der Waals surface area contributed by atoms with Crippen molar-refractivity contribution in [2.24, 2.45) is 0 Å². The number of benzene rings is 1. The molecule has 5 nitrogen and oxygen atoms in total. The lowest BCUT2D eigenvalue weighted by atomic mass is 10.1. The van der Waals surface area contributed by atoms with E-state index < -0.39 is 6.10 Å². The zero-order valence-corrected chi connectivity index (χ0v) is 9.14. The van der Waals surface area contributed by atoms with Crippen LogP contribution in [0.4, 0.5) is 0 Å². The maximum absolute atomic E-state index is 9.53. The number of aromatic nitrogens is 3. The SMILES string of the molecule is COc1cccc(-c2n[nH]nc2C(C)O)c1. The zero-order valence-electron chi connectivity index (χ0n) is 9.14. The Morgan fingerprint density at radius 3 is 2.88 bits per heavy atom. The Hall–Kier alpha value is -1.88. The van der Waals surface area contributed by atoms with Crippen LogP contribution in [0.3, 0.4) is 0 Å². The van der Waals surface area contributed by atoms with Gasteiger partial charge in [0.15, 0.2) is 0 Å². The monoisotopic (exact) mass is 219 g/mol. The average Bonchev–Trinajstić information content (AvgIpc) is 2.78. The van der Waals surface area contributed by atoms with E-state index >= 15 is 0 Å². The summed E-state index contributed by atoms with van der Waals surface area (Å²) in [6, 6.07) is 7.47. The van der Waals surface area contributed by atoms with Crippen LogP contribution in [0.25, 0.3) is 11.3 Å². The minimum absolute atomic E-state index is 0.535. The second kappa shape index (κ2) is 4.32. The Labute approximate surface area is 93.1 Å². The van der Waals surface area contributed by atoms with Crippen LogP contribution in [-0.2, 0) is 0 Å². The molecule has 1 unspecified atom stereocenters. The molecule has 0 aliphatic carbocycles. The topological polar surface area (TPSA) is 71.0 Å². The number of hydrogen-bond donors (Lipinski definition) is 2. The molecule has 0 amide bonds. The summed E-state index contributed by atoms with van der Waals surface area (Å²) < 4.78 is 5.13. The maximum atomic E-state index is 9.53. The molecule has 16 heavy (non-hydrogen) atoms. The second-order valence-corrected chi connectivity index (χ2v) is 3.47. The summed E-state index contributed by atoms with van der Waals surface area (Å²) in [7, 11) is 1.61. The molecule has 0 fully saturated rings. The Morgan fingerprint density at radius 1 is 1.38 bits per heavy atom. The third-order valence-electron chi connectivity index (χ3n) is 2.31. The number of aliphatic hydroxyl groups is 1. The zero-order chi connectivity index (χ0) is 11.5. The smallest absolute Gasteiger partial charge is 0.119 e. The van der Waals surface area contributed by atoms with Gasteiger partial charge >= 0.3 is 0 Å². The van der Waals surface area contributed by atoms with E-state index in [0.717, 1.165) is 11.3 Å². The minimum Gasteiger partial charge on any atom is -0.497 e. The number of methoxy groups -OCH3 is 1. The fourth-order valence-corrected chi connectivity index (χ4v) is 1.51. The Bertz CT molecular complexity index is 480. The summed E-state index contributed by atoms with van der Waals surface area (Å²) in [6.45, 7) is 1.65. The highest BCUT2D eigenvalue weighted by Gasteiger charge is 2.14. The largest absolute Gasteiger partial charge is 0.497 e. The summed E-state index contributed by atoms with van der Waals surface area (Å²) >= 11 is 0. The van der Waals surface area contributed by atoms with E-state index in [-0.39, 0.29) is 0 Å². The second-order valence-electron chi connectivity index (χ2n) is 3.47. The maximum Gasteiger partial charge on any atom is 0.119 e. The first-order valence-corrected chi connectivity index (χ1v) is 4.95. The fourth-order valence-electron chi connectivity index (χ4n) is 1.51. The number of hydrogen-bond acceptors (Lipinski definition) is 4. The first-order chi connectivity index (χ1) is 7.72. The molecule has 0 aliphatic heterocycles. The van der Waals surface area contributed by atoms with Crippen LogP contribution in [0.15, 0.2) is 24.3 Å². The molecular weight excluding hydrogens is 206 g/mol. The Kier molecular flexibility index (Phi) is 2.87. The third kappa shape index (κ3) is 1.90. The van der Waals surface area contributed by atoms with Crippen molar-refractivity contribution in [2.75, 3.05) is 7.11 Å². The van der Waals surface area contributed by atoms with E-state index in [9.17, 15) is 5.11 Å². The number of nitrogens with zero attached hydrogens (tertiary/aromatic N) is 2. The van der Waals surface area contributed by atoms with Gasteiger partial charge in [-0.15, -0.1) is 0 Å². The highest BCUT2D eigenvalue weighted by Crippen LogP contribution is 2.26. The van der Waals surface area contributed by atoms with Gasteiger partial charge in [-0.2, -0.15) is 15.4 Å². The molecule has 1 aromatic heterocycles. The molecule has 2 rings (SSSR count). The normalized spacial score (nSPS) is 12.4. The van der Waals surface area contributed by atoms with Crippen LogP contribution in [0.2, 0.25) is 0 Å². The van der Waals surface area contributed by atoms with Gasteiger partial charge in [0.05, 0.1) is 13.2 Å². The molecule has 0 aliphatic rings. The Balaban J connectivity index is 2.46. The molecule has 84 valence electrons. The molecule has 2 aromatic rings. The van der Waals surface area contributed by atoms with Crippen molar-refractivity contribution in [3.8, 4) is 17.0 Å². The van der Waals surface area contributed by atoms with Crippen molar-refractivity contribution in [1.82, 2.24) is 15.4 Å². The summed E-state index contributed by atoms with van der Waals surface area (Å²) in [5, 5.41) is 20.0. The van der Waals surface area contributed by atoms with Crippen molar-refractivity contribution < 1.29 is 9.84 Å². The van der Waals surface area contributed by atoms with Gasteiger partial charge < -0.3 is 9.84 Å². The van der Waals surface area contributed by atoms with Crippen LogP contribution in [0.1, 0.15) is 18.7 Å². The van der Waals surface area contributed by atoms with Gasteiger partial charge in [-0.1, -0.05) is 12.1 Å². The quantitative estimate of drug-likeness (QED) is 0.821. The lowest BCUT2D eigenvalue weighted by molar-refractivity contribution is 0.195. The van der Waals surface area contributed by atoms with Crippen LogP contribution < -0.4 is 4.74 Å². The number of H-pyrrole nitrogens is 1. The molecule has 5 heteroatoms. The molecule has 0 saturated carbocycles. The van der Waals surface area contributed by atoms with Gasteiger partial charge in [-0.25, -0.2) is 0 Å². The third-order valence-corrected chi connectivity index (χ3v) is 2.31. The van der Waals surface area contributed by atoms with Gasteiger partial charge in [0.1, 0.15) is 17.1 Å². The summed E-state index contributed by atoms with van der Waals surface area (Å²) in [4.78, 5) is 0. The number of aliphatic hydroxyl groups excluding tert-OH is 1. The van der Waals surface area contributed by atoms with E-state index in [2.05, 4.69) is 15.4 Å². The number of aromatic amines is 1. The number of nitrogens with one attached hydrogen (secondary N) is 1. The standard InChI is InChI=1S/C11H13N3O2/c1-7(15)10-11(13-14-12-10)8-4-3-5-9(6-8)16-2/h3-7,15H,1-2H3,(H,12,13,14). The molecule has 0 bridgehead atoms. The van der Waals surface area contributed by atoms with Crippen LogP contribution in [0, 0.1) is 0 Å². The van der Waals surface area contributed by atoms with Gasteiger partial charge in [0.2, 0.25) is 0 Å². The van der Waals surface area contributed by atoms with Gasteiger partial charge in [-0.3, -0.25) is 0 Å². The molecule has 2 N–H and O–H groups in total. The molecule has 0 radical (unpaired) electrons. The van der Waals surface area contributed by atoms with E-state index in [1.54, 1.807) is 14.0 Å². The van der Waals surface area contributed by atoms with Gasteiger partial charge in [-0.05, 0) is 19.1 Å². The molecule has 1 aromatic carbocycles. The van der Waals surface area contributed by atoms with E-state index in [1.807, 2.05) is 24.3 Å². The van der Waals surface area contributed by atoms with Crippen molar-refractivity contribution in [1.29, 1.82) is 0 Å². The first-order valence-electron chi connectivity index (χ1n) is 4.95. The average molecular weight is 219 g/mol. The molecule has 0 spiro atoms. The minimum atomic E-state index is -0.653. The molecule has 1 atom stereocenters. The van der Waals surface area contributed by atoms with E-state index in [1.165, 1.54) is 0 Å². The van der Waals surface area contributed by atoms with Crippen molar-refractivity contribution >= 4 is 0 Å². The predicted octanol–water partition coefficient (Wildman–Crippen LogP) is 1.53. The van der Waals surface area contributed by atoms with Crippen LogP contribution in [-0.4, -0.2) is 27.6 Å². The number of rotatable bonds is 3. The highest BCUT2D eigenvalue weighted by atomic mass is 16.5. The first kappa shape index (κ1) is 10.6. The molecular formula is C11H13N3O2. The van der Waals surface area contributed by atoms with Crippen molar-refractivity contribution in [2.45, 2.75) is 13.0 Å². The van der Waals surface area contributed by atoms with Gasteiger partial charge in [0, 0.05) is 5.56 Å². The van der Waals surface area contributed by atoms with Crippen LogP contribution >= 0.6 is 0 Å². The van der Waals surface area contributed by atoms with Crippen molar-refractivity contribution in [3.05, 3.63) is 30.0 Å². The highest BCUT2D eigenvalue weighted by molar-refractivity contribution is 5.63. The summed E-state index contributed by atoms with van der Waals surface area (Å²) in [6.07, 6.45) is -0.653.